The van der Waals surface area contributed by atoms with Crippen LogP contribution in [0.15, 0.2) is 24.3 Å². The van der Waals surface area contributed by atoms with E-state index in [9.17, 15) is 9.59 Å². The van der Waals surface area contributed by atoms with Crippen molar-refractivity contribution < 1.29 is 19.1 Å². The summed E-state index contributed by atoms with van der Waals surface area (Å²) >= 11 is 0. The zero-order valence-corrected chi connectivity index (χ0v) is 13.4. The molecule has 1 aromatic carbocycles. The van der Waals surface area contributed by atoms with Gasteiger partial charge in [-0.25, -0.2) is 4.79 Å². The molecule has 1 aromatic rings. The summed E-state index contributed by atoms with van der Waals surface area (Å²) in [6.45, 7) is 10.1. The van der Waals surface area contributed by atoms with Gasteiger partial charge in [0, 0.05) is 18.7 Å². The third-order valence-corrected chi connectivity index (χ3v) is 2.42. The van der Waals surface area contributed by atoms with Gasteiger partial charge < -0.3 is 14.8 Å². The highest BCUT2D eigenvalue weighted by Crippen LogP contribution is 2.24. The van der Waals surface area contributed by atoms with Crippen molar-refractivity contribution in [2.45, 2.75) is 52.7 Å². The van der Waals surface area contributed by atoms with Crippen molar-refractivity contribution in [3.63, 3.8) is 0 Å². The maximum Gasteiger partial charge on any atom is 0.350 e. The van der Waals surface area contributed by atoms with Crippen LogP contribution < -0.4 is 10.1 Å². The van der Waals surface area contributed by atoms with Gasteiger partial charge >= 0.3 is 5.97 Å². The monoisotopic (exact) mass is 293 g/mol. The Labute approximate surface area is 125 Å². The number of rotatable bonds is 4. The second-order valence-electron chi connectivity index (χ2n) is 6.32. The average molecular weight is 293 g/mol. The van der Waals surface area contributed by atoms with Crippen LogP contribution in [0.25, 0.3) is 0 Å². The molecule has 1 rings (SSSR count). The second-order valence-corrected chi connectivity index (χ2v) is 6.32. The predicted octanol–water partition coefficient (Wildman–Crippen LogP) is 3.14. The Morgan fingerprint density at radius 1 is 1.10 bits per heavy atom. The molecular formula is C16H23NO4. The molecule has 21 heavy (non-hydrogen) atoms. The van der Waals surface area contributed by atoms with Gasteiger partial charge in [0.05, 0.1) is 0 Å². The highest BCUT2D eigenvalue weighted by molar-refractivity contribution is 5.88. The summed E-state index contributed by atoms with van der Waals surface area (Å²) in [7, 11) is 0. The van der Waals surface area contributed by atoms with E-state index in [0.717, 1.165) is 0 Å². The van der Waals surface area contributed by atoms with Gasteiger partial charge in [-0.1, -0.05) is 6.07 Å². The van der Waals surface area contributed by atoms with Crippen LogP contribution in [0, 0.1) is 0 Å². The molecule has 0 aliphatic rings. The van der Waals surface area contributed by atoms with E-state index in [2.05, 4.69) is 5.32 Å². The molecule has 116 valence electrons. The van der Waals surface area contributed by atoms with Crippen LogP contribution in [0.1, 0.15) is 41.5 Å². The van der Waals surface area contributed by atoms with E-state index in [-0.39, 0.29) is 5.91 Å². The largest absolute Gasteiger partial charge is 0.476 e. The maximum absolute atomic E-state index is 12.1. The van der Waals surface area contributed by atoms with Gasteiger partial charge in [0.2, 0.25) is 5.91 Å². The molecular weight excluding hydrogens is 270 g/mol. The molecule has 0 bridgehead atoms. The minimum Gasteiger partial charge on any atom is -0.476 e. The Kier molecular flexibility index (Phi) is 4.99. The van der Waals surface area contributed by atoms with Crippen molar-refractivity contribution in [3.8, 4) is 5.75 Å². The Morgan fingerprint density at radius 2 is 1.71 bits per heavy atom. The normalized spacial score (nSPS) is 11.7. The molecule has 0 saturated heterocycles. The lowest BCUT2D eigenvalue weighted by Gasteiger charge is -2.29. The van der Waals surface area contributed by atoms with E-state index in [4.69, 9.17) is 9.47 Å². The molecule has 1 amide bonds. The van der Waals surface area contributed by atoms with Crippen molar-refractivity contribution in [3.05, 3.63) is 24.3 Å². The minimum atomic E-state index is -1.12. The molecule has 0 radical (unpaired) electrons. The van der Waals surface area contributed by atoms with Crippen LogP contribution >= 0.6 is 0 Å². The number of hydrogen-bond acceptors (Lipinski definition) is 4. The molecule has 0 spiro atoms. The fraction of sp³-hybridized carbons (Fsp3) is 0.500. The molecule has 0 aromatic heterocycles. The SMILES string of the molecule is CC(=O)Nc1cccc(OC(C)(C)C(=O)OC(C)(C)C)c1. The highest BCUT2D eigenvalue weighted by Gasteiger charge is 2.34. The number of carbonyl (C=O) groups excluding carboxylic acids is 2. The molecule has 1 N–H and O–H groups in total. The van der Waals surface area contributed by atoms with Crippen molar-refractivity contribution >= 4 is 17.6 Å². The number of nitrogens with one attached hydrogen (secondary N) is 1. The number of carbonyl (C=O) groups is 2. The van der Waals surface area contributed by atoms with Crippen molar-refractivity contribution in [1.82, 2.24) is 0 Å². The Bertz CT molecular complexity index is 529. The zero-order chi connectivity index (χ0) is 16.3. The van der Waals surface area contributed by atoms with E-state index in [1.807, 2.05) is 0 Å². The average Bonchev–Trinajstić information content (AvgIpc) is 2.25. The van der Waals surface area contributed by atoms with Crippen molar-refractivity contribution in [2.75, 3.05) is 5.32 Å². The number of esters is 1. The van der Waals surface area contributed by atoms with E-state index in [1.54, 1.807) is 58.9 Å². The number of benzene rings is 1. The third kappa shape index (κ3) is 5.85. The van der Waals surface area contributed by atoms with Gasteiger partial charge in [0.15, 0.2) is 5.60 Å². The van der Waals surface area contributed by atoms with Crippen LogP contribution in [0.5, 0.6) is 5.75 Å². The lowest BCUT2D eigenvalue weighted by Crippen LogP contribution is -2.43. The first-order valence-corrected chi connectivity index (χ1v) is 6.80. The van der Waals surface area contributed by atoms with Crippen LogP contribution in [0.4, 0.5) is 5.69 Å². The summed E-state index contributed by atoms with van der Waals surface area (Å²) < 4.78 is 11.0. The van der Waals surface area contributed by atoms with Crippen molar-refractivity contribution in [1.29, 1.82) is 0 Å². The van der Waals surface area contributed by atoms with Crippen LogP contribution in [0.3, 0.4) is 0 Å². The van der Waals surface area contributed by atoms with Gasteiger partial charge in [-0.3, -0.25) is 4.79 Å². The summed E-state index contributed by atoms with van der Waals surface area (Å²) in [5.41, 5.74) is -1.09. The number of anilines is 1. The molecule has 0 aliphatic carbocycles. The summed E-state index contributed by atoms with van der Waals surface area (Å²) in [5, 5.41) is 2.66. The first-order valence-electron chi connectivity index (χ1n) is 6.80. The molecule has 0 unspecified atom stereocenters. The molecule has 5 heteroatoms. The minimum absolute atomic E-state index is 0.168. The van der Waals surface area contributed by atoms with E-state index in [0.29, 0.717) is 11.4 Å². The third-order valence-electron chi connectivity index (χ3n) is 2.42. The lowest BCUT2D eigenvalue weighted by molar-refractivity contribution is -0.170. The summed E-state index contributed by atoms with van der Waals surface area (Å²) in [6.07, 6.45) is 0. The van der Waals surface area contributed by atoms with Gasteiger partial charge in [-0.2, -0.15) is 0 Å². The number of amides is 1. The van der Waals surface area contributed by atoms with Crippen LogP contribution in [-0.2, 0) is 14.3 Å². The first-order chi connectivity index (χ1) is 9.49. The summed E-state index contributed by atoms with van der Waals surface area (Å²) in [6, 6.07) is 6.87. The Balaban J connectivity index is 2.83. The quantitative estimate of drug-likeness (QED) is 0.866. The molecule has 0 heterocycles. The zero-order valence-electron chi connectivity index (χ0n) is 13.4. The fourth-order valence-electron chi connectivity index (χ4n) is 1.58. The van der Waals surface area contributed by atoms with E-state index in [1.165, 1.54) is 6.92 Å². The molecule has 0 atom stereocenters. The smallest absolute Gasteiger partial charge is 0.350 e. The standard InChI is InChI=1S/C16H23NO4/c1-11(18)17-12-8-7-9-13(10-12)20-16(5,6)14(19)21-15(2,3)4/h7-10H,1-6H3,(H,17,18). The van der Waals surface area contributed by atoms with Gasteiger partial charge in [0.1, 0.15) is 11.4 Å². The highest BCUT2D eigenvalue weighted by atomic mass is 16.6. The summed E-state index contributed by atoms with van der Waals surface area (Å²) in [4.78, 5) is 23.2. The van der Waals surface area contributed by atoms with Crippen LogP contribution in [0.2, 0.25) is 0 Å². The first kappa shape index (κ1) is 17.0. The van der Waals surface area contributed by atoms with Gasteiger partial charge in [-0.15, -0.1) is 0 Å². The molecule has 0 saturated carbocycles. The Morgan fingerprint density at radius 3 is 2.24 bits per heavy atom. The second kappa shape index (κ2) is 6.16. The number of ether oxygens (including phenoxy) is 2. The van der Waals surface area contributed by atoms with E-state index >= 15 is 0 Å². The lowest BCUT2D eigenvalue weighted by atomic mass is 10.1. The van der Waals surface area contributed by atoms with Gasteiger partial charge in [-0.05, 0) is 46.8 Å². The van der Waals surface area contributed by atoms with Gasteiger partial charge in [0.25, 0.3) is 0 Å². The molecule has 0 fully saturated rings. The maximum atomic E-state index is 12.1. The summed E-state index contributed by atoms with van der Waals surface area (Å²) in [5.74, 6) is -0.129. The molecule has 0 aliphatic heterocycles. The van der Waals surface area contributed by atoms with E-state index < -0.39 is 17.2 Å². The van der Waals surface area contributed by atoms with Crippen LogP contribution in [-0.4, -0.2) is 23.1 Å². The van der Waals surface area contributed by atoms with Crippen molar-refractivity contribution in [2.24, 2.45) is 0 Å². The number of hydrogen-bond donors (Lipinski definition) is 1. The molecule has 5 nitrogen and oxygen atoms in total. The fourth-order valence-corrected chi connectivity index (χ4v) is 1.58. The topological polar surface area (TPSA) is 64.6 Å². The predicted molar refractivity (Wildman–Crippen MR) is 81.3 cm³/mol. The Hall–Kier alpha value is -2.04.